The maximum atomic E-state index is 14.0. The highest BCUT2D eigenvalue weighted by molar-refractivity contribution is 7.90. The summed E-state index contributed by atoms with van der Waals surface area (Å²) in [6.45, 7) is 1.30. The standard InChI is InChI=1S/C20H22ClFN2O4S/c21-15-9-18(22)20(23-10-15)13-1-3-16(4-2-13)28-11-14-7-8-27-12-19(14)24-29(25,26)17-5-6-17/h1-4,9-10,14,17,19,24H,5-8,11-12H2/t14-,19+/m1/s1. The van der Waals surface area contributed by atoms with E-state index in [0.717, 1.165) is 19.3 Å². The molecule has 4 rings (SSSR count). The van der Waals surface area contributed by atoms with Gasteiger partial charge in [0.2, 0.25) is 10.0 Å². The second-order valence-electron chi connectivity index (χ2n) is 7.41. The van der Waals surface area contributed by atoms with Crippen molar-refractivity contribution in [3.8, 4) is 17.0 Å². The number of ether oxygens (including phenoxy) is 2. The summed E-state index contributed by atoms with van der Waals surface area (Å²) >= 11 is 5.74. The topological polar surface area (TPSA) is 77.5 Å². The number of nitrogens with zero attached hydrogens (tertiary/aromatic N) is 1. The number of sulfonamides is 1. The third kappa shape index (κ3) is 5.06. The van der Waals surface area contributed by atoms with Crippen molar-refractivity contribution in [2.75, 3.05) is 19.8 Å². The Morgan fingerprint density at radius 3 is 2.69 bits per heavy atom. The van der Waals surface area contributed by atoms with Gasteiger partial charge in [0.1, 0.15) is 11.4 Å². The molecule has 1 saturated carbocycles. The zero-order valence-electron chi connectivity index (χ0n) is 15.7. The molecule has 2 aliphatic rings. The van der Waals surface area contributed by atoms with E-state index >= 15 is 0 Å². The van der Waals surface area contributed by atoms with Crippen LogP contribution in [0.25, 0.3) is 11.3 Å². The van der Waals surface area contributed by atoms with Crippen LogP contribution in [0.1, 0.15) is 19.3 Å². The van der Waals surface area contributed by atoms with E-state index < -0.39 is 15.8 Å². The van der Waals surface area contributed by atoms with E-state index in [9.17, 15) is 12.8 Å². The lowest BCUT2D eigenvalue weighted by Gasteiger charge is -2.31. The molecule has 0 amide bonds. The van der Waals surface area contributed by atoms with E-state index in [2.05, 4.69) is 9.71 Å². The molecule has 2 atom stereocenters. The quantitative estimate of drug-likeness (QED) is 0.714. The molecule has 2 fully saturated rings. The molecule has 6 nitrogen and oxygen atoms in total. The van der Waals surface area contributed by atoms with Crippen LogP contribution in [-0.4, -0.2) is 44.5 Å². The number of pyridine rings is 1. The second kappa shape index (κ2) is 8.55. The van der Waals surface area contributed by atoms with Gasteiger partial charge >= 0.3 is 0 Å². The molecule has 2 heterocycles. The normalized spacial score (nSPS) is 22.4. The highest BCUT2D eigenvalue weighted by atomic mass is 35.5. The lowest BCUT2D eigenvalue weighted by Crippen LogP contribution is -2.49. The largest absolute Gasteiger partial charge is 0.493 e. The van der Waals surface area contributed by atoms with Crippen LogP contribution in [0.2, 0.25) is 5.02 Å². The molecule has 0 spiro atoms. The summed E-state index contributed by atoms with van der Waals surface area (Å²) in [6, 6.07) is 7.88. The number of benzene rings is 1. The number of aromatic nitrogens is 1. The number of nitrogens with one attached hydrogen (secondary N) is 1. The van der Waals surface area contributed by atoms with Crippen molar-refractivity contribution in [2.24, 2.45) is 5.92 Å². The Bertz CT molecular complexity index is 967. The molecule has 9 heteroatoms. The fraction of sp³-hybridized carbons (Fsp3) is 0.450. The van der Waals surface area contributed by atoms with Gasteiger partial charge in [-0.2, -0.15) is 0 Å². The molecule has 2 aromatic rings. The van der Waals surface area contributed by atoms with Crippen molar-refractivity contribution in [3.05, 3.63) is 47.4 Å². The van der Waals surface area contributed by atoms with Gasteiger partial charge in [0.15, 0.2) is 5.82 Å². The molecular weight excluding hydrogens is 419 g/mol. The molecule has 1 saturated heterocycles. The average molecular weight is 441 g/mol. The first-order chi connectivity index (χ1) is 13.9. The minimum atomic E-state index is -3.28. The smallest absolute Gasteiger partial charge is 0.214 e. The monoisotopic (exact) mass is 440 g/mol. The summed E-state index contributed by atoms with van der Waals surface area (Å²) in [4.78, 5) is 4.03. The zero-order chi connectivity index (χ0) is 20.4. The van der Waals surface area contributed by atoms with Gasteiger partial charge < -0.3 is 9.47 Å². The summed E-state index contributed by atoms with van der Waals surface area (Å²) < 4.78 is 52.7. The van der Waals surface area contributed by atoms with Crippen LogP contribution in [0.4, 0.5) is 4.39 Å². The second-order valence-corrected chi connectivity index (χ2v) is 9.84. The Hall–Kier alpha value is -1.74. The Balaban J connectivity index is 1.38. The Morgan fingerprint density at radius 1 is 1.24 bits per heavy atom. The van der Waals surface area contributed by atoms with Gasteiger partial charge in [-0.1, -0.05) is 11.6 Å². The average Bonchev–Trinajstić information content (AvgIpc) is 3.54. The predicted molar refractivity (Wildman–Crippen MR) is 108 cm³/mol. The molecule has 156 valence electrons. The Morgan fingerprint density at radius 2 is 2.00 bits per heavy atom. The van der Waals surface area contributed by atoms with Crippen molar-refractivity contribution in [1.82, 2.24) is 9.71 Å². The summed E-state index contributed by atoms with van der Waals surface area (Å²) in [5.74, 6) is 0.157. The van der Waals surface area contributed by atoms with Gasteiger partial charge in [-0.25, -0.2) is 17.5 Å². The van der Waals surface area contributed by atoms with Gasteiger partial charge in [-0.3, -0.25) is 4.98 Å². The summed E-state index contributed by atoms with van der Waals surface area (Å²) in [5.41, 5.74) is 0.840. The van der Waals surface area contributed by atoms with E-state index in [4.69, 9.17) is 21.1 Å². The molecule has 1 aromatic carbocycles. The van der Waals surface area contributed by atoms with Crippen LogP contribution in [0, 0.1) is 11.7 Å². The molecule has 1 aliphatic carbocycles. The van der Waals surface area contributed by atoms with E-state index in [0.29, 0.717) is 31.1 Å². The van der Waals surface area contributed by atoms with Gasteiger partial charge in [-0.05, 0) is 49.6 Å². The molecule has 1 aliphatic heterocycles. The van der Waals surface area contributed by atoms with Crippen LogP contribution in [0.15, 0.2) is 36.5 Å². The molecule has 1 aromatic heterocycles. The first kappa shape index (κ1) is 20.5. The van der Waals surface area contributed by atoms with Crippen LogP contribution >= 0.6 is 11.6 Å². The van der Waals surface area contributed by atoms with Crippen LogP contribution < -0.4 is 9.46 Å². The molecule has 0 bridgehead atoms. The van der Waals surface area contributed by atoms with Crippen molar-refractivity contribution in [3.63, 3.8) is 0 Å². The fourth-order valence-corrected chi connectivity index (χ4v) is 5.11. The molecular formula is C20H22ClFN2O4S. The van der Waals surface area contributed by atoms with Gasteiger partial charge in [-0.15, -0.1) is 0 Å². The molecule has 1 N–H and O–H groups in total. The van der Waals surface area contributed by atoms with E-state index in [1.807, 2.05) is 0 Å². The first-order valence-corrected chi connectivity index (χ1v) is 11.5. The van der Waals surface area contributed by atoms with Gasteiger partial charge in [0.25, 0.3) is 0 Å². The number of hydrogen-bond donors (Lipinski definition) is 1. The highest BCUT2D eigenvalue weighted by Gasteiger charge is 2.39. The third-order valence-corrected chi connectivity index (χ3v) is 7.36. The molecule has 0 unspecified atom stereocenters. The summed E-state index contributed by atoms with van der Waals surface area (Å²) in [6.07, 6.45) is 3.56. The third-order valence-electron chi connectivity index (χ3n) is 5.18. The van der Waals surface area contributed by atoms with Crippen LogP contribution in [0.5, 0.6) is 5.75 Å². The zero-order valence-corrected chi connectivity index (χ0v) is 17.3. The maximum Gasteiger partial charge on any atom is 0.214 e. The van der Waals surface area contributed by atoms with Gasteiger partial charge in [0, 0.05) is 24.3 Å². The predicted octanol–water partition coefficient (Wildman–Crippen LogP) is 3.41. The first-order valence-electron chi connectivity index (χ1n) is 9.55. The summed E-state index contributed by atoms with van der Waals surface area (Å²) in [7, 11) is -3.28. The van der Waals surface area contributed by atoms with Gasteiger partial charge in [0.05, 0.1) is 29.5 Å². The van der Waals surface area contributed by atoms with Crippen LogP contribution in [-0.2, 0) is 14.8 Å². The Labute approximate surface area is 174 Å². The van der Waals surface area contributed by atoms with Crippen LogP contribution in [0.3, 0.4) is 0 Å². The molecule has 0 radical (unpaired) electrons. The fourth-order valence-electron chi connectivity index (χ4n) is 3.34. The highest BCUT2D eigenvalue weighted by Crippen LogP contribution is 2.29. The number of hydrogen-bond acceptors (Lipinski definition) is 5. The maximum absolute atomic E-state index is 14.0. The number of halogens is 2. The van der Waals surface area contributed by atoms with E-state index in [1.54, 1.807) is 24.3 Å². The van der Waals surface area contributed by atoms with Crippen molar-refractivity contribution in [2.45, 2.75) is 30.6 Å². The minimum Gasteiger partial charge on any atom is -0.493 e. The minimum absolute atomic E-state index is 0.0207. The van der Waals surface area contributed by atoms with E-state index in [1.165, 1.54) is 12.3 Å². The van der Waals surface area contributed by atoms with Crippen molar-refractivity contribution >= 4 is 21.6 Å². The number of rotatable bonds is 7. The Kier molecular flexibility index (Phi) is 6.06. The van der Waals surface area contributed by atoms with E-state index in [-0.39, 0.29) is 27.9 Å². The molecule has 29 heavy (non-hydrogen) atoms. The lowest BCUT2D eigenvalue weighted by atomic mass is 9.97. The van der Waals surface area contributed by atoms with Crippen molar-refractivity contribution in [1.29, 1.82) is 0 Å². The van der Waals surface area contributed by atoms with Crippen molar-refractivity contribution < 1.29 is 22.3 Å². The SMILES string of the molecule is O=S(=O)(N[C@H]1COCC[C@@H]1COc1ccc(-c2ncc(Cl)cc2F)cc1)C1CC1. The summed E-state index contributed by atoms with van der Waals surface area (Å²) in [5, 5.41) is -0.0186. The lowest BCUT2D eigenvalue weighted by molar-refractivity contribution is 0.0274.